The molecule has 0 unspecified atom stereocenters. The lowest BCUT2D eigenvalue weighted by Gasteiger charge is -2.24. The second kappa shape index (κ2) is 5.33. The van der Waals surface area contributed by atoms with Crippen LogP contribution < -0.4 is 5.32 Å². The molecule has 1 fully saturated rings. The number of carboxylic acid groups (broad SMARTS) is 1. The van der Waals surface area contributed by atoms with Gasteiger partial charge in [-0.2, -0.15) is 0 Å². The summed E-state index contributed by atoms with van der Waals surface area (Å²) in [6.45, 7) is 4.04. The average molecular weight is 281 g/mol. The molecular weight excluding hydrogens is 262 g/mol. The number of carboxylic acids is 1. The second-order valence-corrected chi connectivity index (χ2v) is 6.35. The van der Waals surface area contributed by atoms with Crippen LogP contribution in [0, 0.1) is 6.92 Å². The van der Waals surface area contributed by atoms with Crippen molar-refractivity contribution in [3.63, 3.8) is 0 Å². The minimum Gasteiger partial charge on any atom is -0.480 e. The van der Waals surface area contributed by atoms with E-state index >= 15 is 0 Å². The fourth-order valence-electron chi connectivity index (χ4n) is 2.63. The summed E-state index contributed by atoms with van der Waals surface area (Å²) >= 11 is 1.44. The molecule has 1 aliphatic rings. The van der Waals surface area contributed by atoms with Crippen molar-refractivity contribution in [2.24, 2.45) is 0 Å². The summed E-state index contributed by atoms with van der Waals surface area (Å²) < 4.78 is 0. The molecule has 1 aromatic heterocycles. The third-order valence-electron chi connectivity index (χ3n) is 3.84. The lowest BCUT2D eigenvalue weighted by molar-refractivity contribution is -0.144. The van der Waals surface area contributed by atoms with Crippen molar-refractivity contribution in [1.29, 1.82) is 0 Å². The van der Waals surface area contributed by atoms with Crippen LogP contribution in [0.2, 0.25) is 0 Å². The predicted molar refractivity (Wildman–Crippen MR) is 74.7 cm³/mol. The first kappa shape index (κ1) is 14.1. The van der Waals surface area contributed by atoms with Crippen molar-refractivity contribution in [3.05, 3.63) is 21.4 Å². The summed E-state index contributed by atoms with van der Waals surface area (Å²) in [6.07, 6.45) is 3.66. The number of nitrogens with one attached hydrogen (secondary N) is 1. The number of carbonyl (C=O) groups excluding carboxylic acids is 1. The van der Waals surface area contributed by atoms with Crippen LogP contribution in [0.1, 0.15) is 52.7 Å². The molecule has 104 valence electrons. The molecule has 1 aliphatic carbocycles. The first-order valence-electron chi connectivity index (χ1n) is 6.64. The van der Waals surface area contributed by atoms with Gasteiger partial charge in [-0.25, -0.2) is 4.79 Å². The SMILES string of the molecule is CCc1cc(C(=O)NC2(C(=O)O)CCCC2)sc1C. The third-order valence-corrected chi connectivity index (χ3v) is 4.94. The molecule has 0 atom stereocenters. The quantitative estimate of drug-likeness (QED) is 0.891. The molecule has 0 aliphatic heterocycles. The third kappa shape index (κ3) is 2.66. The van der Waals surface area contributed by atoms with E-state index in [2.05, 4.69) is 5.32 Å². The zero-order valence-electron chi connectivity index (χ0n) is 11.3. The second-order valence-electron chi connectivity index (χ2n) is 5.09. The van der Waals surface area contributed by atoms with Crippen LogP contribution in [0.4, 0.5) is 0 Å². The number of carbonyl (C=O) groups is 2. The van der Waals surface area contributed by atoms with Gasteiger partial charge in [0.1, 0.15) is 5.54 Å². The molecule has 0 spiro atoms. The molecular formula is C14H19NO3S. The van der Waals surface area contributed by atoms with Crippen LogP contribution in [0.15, 0.2) is 6.07 Å². The van der Waals surface area contributed by atoms with Crippen molar-refractivity contribution in [3.8, 4) is 0 Å². The smallest absolute Gasteiger partial charge is 0.329 e. The Morgan fingerprint density at radius 1 is 1.42 bits per heavy atom. The molecule has 19 heavy (non-hydrogen) atoms. The summed E-state index contributed by atoms with van der Waals surface area (Å²) in [5, 5.41) is 12.1. The highest BCUT2D eigenvalue weighted by molar-refractivity contribution is 7.14. The van der Waals surface area contributed by atoms with Crippen LogP contribution in [0.5, 0.6) is 0 Å². The topological polar surface area (TPSA) is 66.4 Å². The summed E-state index contributed by atoms with van der Waals surface area (Å²) in [4.78, 5) is 25.4. The molecule has 2 rings (SSSR count). The van der Waals surface area contributed by atoms with Gasteiger partial charge in [0.15, 0.2) is 0 Å². The van der Waals surface area contributed by atoms with E-state index in [9.17, 15) is 14.7 Å². The van der Waals surface area contributed by atoms with Gasteiger partial charge in [-0.05, 0) is 37.8 Å². The number of thiophene rings is 1. The Morgan fingerprint density at radius 3 is 2.53 bits per heavy atom. The summed E-state index contributed by atoms with van der Waals surface area (Å²) in [5.74, 6) is -1.17. The minimum atomic E-state index is -1.05. The van der Waals surface area contributed by atoms with E-state index in [1.165, 1.54) is 11.3 Å². The van der Waals surface area contributed by atoms with Gasteiger partial charge in [0.25, 0.3) is 5.91 Å². The van der Waals surface area contributed by atoms with Gasteiger partial charge in [0, 0.05) is 4.88 Å². The number of aliphatic carboxylic acids is 1. The van der Waals surface area contributed by atoms with Crippen LogP contribution in [-0.4, -0.2) is 22.5 Å². The van der Waals surface area contributed by atoms with Crippen molar-refractivity contribution in [1.82, 2.24) is 5.32 Å². The normalized spacial score (nSPS) is 17.4. The maximum Gasteiger partial charge on any atom is 0.329 e. The van der Waals surface area contributed by atoms with Crippen molar-refractivity contribution in [2.75, 3.05) is 0 Å². The van der Waals surface area contributed by atoms with E-state index in [0.717, 1.165) is 29.7 Å². The molecule has 5 heteroatoms. The van der Waals surface area contributed by atoms with E-state index in [-0.39, 0.29) is 5.91 Å². The molecule has 1 aromatic rings. The highest BCUT2D eigenvalue weighted by Gasteiger charge is 2.42. The predicted octanol–water partition coefficient (Wildman–Crippen LogP) is 2.75. The molecule has 2 N–H and O–H groups in total. The molecule has 0 saturated heterocycles. The lowest BCUT2D eigenvalue weighted by Crippen LogP contribution is -2.52. The van der Waals surface area contributed by atoms with E-state index < -0.39 is 11.5 Å². The zero-order chi connectivity index (χ0) is 14.0. The fraction of sp³-hybridized carbons (Fsp3) is 0.571. The summed E-state index contributed by atoms with van der Waals surface area (Å²) in [5.41, 5.74) is 0.104. The standard InChI is InChI=1S/C14H19NO3S/c1-3-10-8-11(19-9(10)2)12(16)15-14(13(17)18)6-4-5-7-14/h8H,3-7H2,1-2H3,(H,15,16)(H,17,18). The Labute approximate surface area is 116 Å². The van der Waals surface area contributed by atoms with Crippen LogP contribution >= 0.6 is 11.3 Å². The molecule has 0 radical (unpaired) electrons. The fourth-order valence-corrected chi connectivity index (χ4v) is 3.64. The molecule has 4 nitrogen and oxygen atoms in total. The number of aryl methyl sites for hydroxylation is 2. The van der Waals surface area contributed by atoms with Crippen molar-refractivity contribution in [2.45, 2.75) is 51.5 Å². The molecule has 1 heterocycles. The van der Waals surface area contributed by atoms with Gasteiger partial charge in [-0.15, -0.1) is 11.3 Å². The highest BCUT2D eigenvalue weighted by atomic mass is 32.1. The van der Waals surface area contributed by atoms with E-state index in [1.807, 2.05) is 19.9 Å². The number of hydrogen-bond donors (Lipinski definition) is 2. The van der Waals surface area contributed by atoms with Crippen LogP contribution in [-0.2, 0) is 11.2 Å². The first-order valence-corrected chi connectivity index (χ1v) is 7.45. The Morgan fingerprint density at radius 2 is 2.05 bits per heavy atom. The van der Waals surface area contributed by atoms with Crippen LogP contribution in [0.25, 0.3) is 0 Å². The van der Waals surface area contributed by atoms with Crippen molar-refractivity contribution >= 4 is 23.2 Å². The van der Waals surface area contributed by atoms with Gasteiger partial charge in [-0.3, -0.25) is 4.79 Å². The van der Waals surface area contributed by atoms with Gasteiger partial charge < -0.3 is 10.4 Å². The monoisotopic (exact) mass is 281 g/mol. The number of amides is 1. The molecule has 0 aromatic carbocycles. The van der Waals surface area contributed by atoms with Gasteiger partial charge in [0.05, 0.1) is 4.88 Å². The average Bonchev–Trinajstić information content (AvgIpc) is 2.96. The van der Waals surface area contributed by atoms with Gasteiger partial charge in [-0.1, -0.05) is 19.8 Å². The van der Waals surface area contributed by atoms with E-state index in [0.29, 0.717) is 17.7 Å². The maximum atomic E-state index is 12.2. The van der Waals surface area contributed by atoms with Crippen LogP contribution in [0.3, 0.4) is 0 Å². The zero-order valence-corrected chi connectivity index (χ0v) is 12.1. The van der Waals surface area contributed by atoms with E-state index in [1.54, 1.807) is 0 Å². The summed E-state index contributed by atoms with van der Waals surface area (Å²) in [7, 11) is 0. The summed E-state index contributed by atoms with van der Waals surface area (Å²) in [6, 6.07) is 1.87. The first-order chi connectivity index (χ1) is 8.98. The molecule has 0 bridgehead atoms. The molecule has 1 amide bonds. The minimum absolute atomic E-state index is 0.253. The largest absolute Gasteiger partial charge is 0.480 e. The van der Waals surface area contributed by atoms with Gasteiger partial charge >= 0.3 is 5.97 Å². The maximum absolute atomic E-state index is 12.2. The number of rotatable bonds is 4. The highest BCUT2D eigenvalue weighted by Crippen LogP contribution is 2.31. The lowest BCUT2D eigenvalue weighted by atomic mass is 9.98. The Balaban J connectivity index is 2.17. The van der Waals surface area contributed by atoms with Gasteiger partial charge in [0.2, 0.25) is 0 Å². The molecule has 1 saturated carbocycles. The number of hydrogen-bond acceptors (Lipinski definition) is 3. The Kier molecular flexibility index (Phi) is 3.94. The van der Waals surface area contributed by atoms with Crippen molar-refractivity contribution < 1.29 is 14.7 Å². The van der Waals surface area contributed by atoms with E-state index in [4.69, 9.17) is 0 Å². The Bertz CT molecular complexity index is 501. The Hall–Kier alpha value is -1.36.